The lowest BCUT2D eigenvalue weighted by molar-refractivity contribution is -0.114. The second-order valence-corrected chi connectivity index (χ2v) is 6.96. The Morgan fingerprint density at radius 1 is 1.36 bits per heavy atom. The Balaban J connectivity index is 1.99. The molecule has 8 nitrogen and oxygen atoms in total. The molecule has 1 aromatic heterocycles. The maximum atomic E-state index is 11.5. The molecule has 2 aromatic rings. The van der Waals surface area contributed by atoms with Gasteiger partial charge < -0.3 is 27.3 Å². The van der Waals surface area contributed by atoms with Gasteiger partial charge in [0.05, 0.1) is 30.7 Å². The zero-order valence-electron chi connectivity index (χ0n) is 15.5. The highest BCUT2D eigenvalue weighted by Gasteiger charge is 2.21. The summed E-state index contributed by atoms with van der Waals surface area (Å²) in [5.74, 6) is -0.236. The van der Waals surface area contributed by atoms with E-state index >= 15 is 0 Å². The molecule has 7 N–H and O–H groups in total. The molecule has 0 bridgehead atoms. The van der Waals surface area contributed by atoms with Crippen molar-refractivity contribution >= 4 is 23.2 Å². The molecule has 1 fully saturated rings. The highest BCUT2D eigenvalue weighted by atomic mass is 35.5. The number of nitrogens with zero attached hydrogens (tertiary/aromatic N) is 2. The van der Waals surface area contributed by atoms with Gasteiger partial charge in [-0.1, -0.05) is 23.7 Å². The first-order valence-corrected chi connectivity index (χ1v) is 9.19. The normalized spacial score (nSPS) is 15.6. The van der Waals surface area contributed by atoms with Gasteiger partial charge >= 0.3 is 0 Å². The Morgan fingerprint density at radius 2 is 2.11 bits per heavy atom. The number of ether oxygens (including phenoxy) is 1. The number of nitrogens with one attached hydrogen (secondary N) is 1. The molecule has 0 aliphatic heterocycles. The van der Waals surface area contributed by atoms with Gasteiger partial charge in [0.1, 0.15) is 16.6 Å². The third kappa shape index (κ3) is 4.07. The van der Waals surface area contributed by atoms with Crippen LogP contribution in [0.4, 0.5) is 5.69 Å². The fourth-order valence-electron chi connectivity index (χ4n) is 3.01. The van der Waals surface area contributed by atoms with Crippen molar-refractivity contribution < 1.29 is 9.53 Å². The quantitative estimate of drug-likeness (QED) is 0.319. The molecule has 0 radical (unpaired) electrons. The van der Waals surface area contributed by atoms with Gasteiger partial charge in [-0.05, 0) is 31.4 Å². The van der Waals surface area contributed by atoms with E-state index in [1.807, 2.05) is 29.2 Å². The number of methoxy groups -OCH3 is 1. The number of para-hydroxylation sites is 1. The summed E-state index contributed by atoms with van der Waals surface area (Å²) in [6.45, 7) is 0. The number of amides is 1. The fourth-order valence-corrected chi connectivity index (χ4v) is 3.12. The van der Waals surface area contributed by atoms with Crippen molar-refractivity contribution in [2.75, 3.05) is 12.4 Å². The molecule has 0 unspecified atom stereocenters. The topological polar surface area (TPSA) is 134 Å². The van der Waals surface area contributed by atoms with E-state index in [0.29, 0.717) is 17.5 Å². The van der Waals surface area contributed by atoms with Gasteiger partial charge in [-0.2, -0.15) is 5.10 Å². The molecule has 9 heteroatoms. The lowest BCUT2D eigenvalue weighted by atomic mass is 9.93. The molecule has 1 aromatic carbocycles. The fraction of sp³-hybridized carbons (Fsp3) is 0.263. The maximum absolute atomic E-state index is 11.5. The molecule has 0 atom stereocenters. The molecule has 28 heavy (non-hydrogen) atoms. The monoisotopic (exact) mass is 402 g/mol. The average Bonchev–Trinajstić information content (AvgIpc) is 3.07. The first-order valence-electron chi connectivity index (χ1n) is 8.81. The van der Waals surface area contributed by atoms with Crippen LogP contribution in [0.15, 0.2) is 53.2 Å². The number of allylic oxidation sites excluding steroid dienone is 1. The van der Waals surface area contributed by atoms with Crippen molar-refractivity contribution in [3.05, 3.63) is 53.2 Å². The number of anilines is 1. The Hall–Kier alpha value is -3.13. The van der Waals surface area contributed by atoms with Crippen molar-refractivity contribution in [3.8, 4) is 16.9 Å². The minimum Gasteiger partial charge on any atom is -0.494 e. The predicted octanol–water partition coefficient (Wildman–Crippen LogP) is 2.39. The molecule has 1 saturated carbocycles. The van der Waals surface area contributed by atoms with Crippen LogP contribution in [0.5, 0.6) is 5.75 Å². The van der Waals surface area contributed by atoms with Crippen molar-refractivity contribution in [2.24, 2.45) is 17.2 Å². The zero-order valence-corrected chi connectivity index (χ0v) is 16.2. The van der Waals surface area contributed by atoms with Crippen LogP contribution in [-0.4, -0.2) is 22.8 Å². The van der Waals surface area contributed by atoms with E-state index in [-0.39, 0.29) is 16.6 Å². The summed E-state index contributed by atoms with van der Waals surface area (Å²) in [6.07, 6.45) is 8.67. The number of primary amides is 1. The summed E-state index contributed by atoms with van der Waals surface area (Å²) in [4.78, 5) is 11.5. The smallest absolute Gasteiger partial charge is 0.266 e. The average molecular weight is 403 g/mol. The van der Waals surface area contributed by atoms with Crippen LogP contribution < -0.4 is 27.3 Å². The minimum atomic E-state index is -0.798. The summed E-state index contributed by atoms with van der Waals surface area (Å²) < 4.78 is 7.61. The number of carbonyl (C=O) groups is 1. The minimum absolute atomic E-state index is 0.0522. The lowest BCUT2D eigenvalue weighted by Gasteiger charge is -2.25. The van der Waals surface area contributed by atoms with E-state index in [2.05, 4.69) is 10.4 Å². The van der Waals surface area contributed by atoms with E-state index in [9.17, 15) is 4.79 Å². The largest absolute Gasteiger partial charge is 0.494 e. The Labute approximate surface area is 168 Å². The van der Waals surface area contributed by atoms with E-state index < -0.39 is 5.91 Å². The number of rotatable bonds is 7. The predicted molar refractivity (Wildman–Crippen MR) is 109 cm³/mol. The molecule has 1 aliphatic carbocycles. The van der Waals surface area contributed by atoms with Gasteiger partial charge in [-0.15, -0.1) is 0 Å². The highest BCUT2D eigenvalue weighted by molar-refractivity contribution is 6.29. The Kier molecular flexibility index (Phi) is 5.79. The Morgan fingerprint density at radius 3 is 2.68 bits per heavy atom. The number of hydrogen-bond acceptors (Lipinski definition) is 6. The molecule has 0 spiro atoms. The van der Waals surface area contributed by atoms with Crippen LogP contribution in [-0.2, 0) is 4.79 Å². The van der Waals surface area contributed by atoms with Crippen LogP contribution in [0.3, 0.4) is 0 Å². The van der Waals surface area contributed by atoms with Gasteiger partial charge in [-0.3, -0.25) is 9.48 Å². The van der Waals surface area contributed by atoms with Crippen molar-refractivity contribution in [3.63, 3.8) is 0 Å². The SMILES string of the molecule is COc1c(NC(/C=C(\N)Cl)=C(/N)C(N)=O)cccc1-c1cnn(C2CCC2)c1. The van der Waals surface area contributed by atoms with Gasteiger partial charge in [0.2, 0.25) is 0 Å². The summed E-state index contributed by atoms with van der Waals surface area (Å²) in [5.41, 5.74) is 18.9. The molecule has 1 amide bonds. The van der Waals surface area contributed by atoms with E-state index in [0.717, 1.165) is 24.0 Å². The number of halogens is 1. The van der Waals surface area contributed by atoms with Crippen LogP contribution in [0.1, 0.15) is 25.3 Å². The number of hydrogen-bond donors (Lipinski definition) is 4. The molecule has 1 heterocycles. The van der Waals surface area contributed by atoms with Gasteiger partial charge in [0, 0.05) is 17.3 Å². The van der Waals surface area contributed by atoms with E-state index in [1.54, 1.807) is 13.2 Å². The first kappa shape index (κ1) is 19.6. The highest BCUT2D eigenvalue weighted by Crippen LogP contribution is 2.38. The maximum Gasteiger partial charge on any atom is 0.266 e. The van der Waals surface area contributed by atoms with Crippen LogP contribution >= 0.6 is 11.6 Å². The summed E-state index contributed by atoms with van der Waals surface area (Å²) in [6, 6.07) is 6.03. The van der Waals surface area contributed by atoms with E-state index in [1.165, 1.54) is 12.5 Å². The zero-order chi connectivity index (χ0) is 20.3. The van der Waals surface area contributed by atoms with Gasteiger partial charge in [0.15, 0.2) is 0 Å². The lowest BCUT2D eigenvalue weighted by Crippen LogP contribution is -2.24. The van der Waals surface area contributed by atoms with Gasteiger partial charge in [0.25, 0.3) is 5.91 Å². The second-order valence-electron chi connectivity index (χ2n) is 6.53. The van der Waals surface area contributed by atoms with Crippen molar-refractivity contribution in [1.82, 2.24) is 9.78 Å². The number of benzene rings is 1. The molecule has 3 rings (SSSR count). The summed E-state index contributed by atoms with van der Waals surface area (Å²) in [7, 11) is 1.56. The first-order chi connectivity index (χ1) is 13.4. The third-order valence-electron chi connectivity index (χ3n) is 4.69. The summed E-state index contributed by atoms with van der Waals surface area (Å²) >= 11 is 5.75. The molecule has 148 valence electrons. The molecular formula is C19H23ClN6O2. The van der Waals surface area contributed by atoms with Crippen molar-refractivity contribution in [1.29, 1.82) is 0 Å². The van der Waals surface area contributed by atoms with E-state index in [4.69, 9.17) is 33.5 Å². The van der Waals surface area contributed by atoms with Crippen LogP contribution in [0, 0.1) is 0 Å². The number of nitrogens with two attached hydrogens (primary N) is 3. The van der Waals surface area contributed by atoms with Gasteiger partial charge in [-0.25, -0.2) is 0 Å². The standard InChI is InChI=1S/C19H23ClN6O2/c1-28-18-13(11-9-24-26(10-11)12-4-2-5-12)6-3-7-14(18)25-15(8-16(20)21)17(22)19(23)27/h3,6-10,12,25H,2,4-5,21-22H2,1H3,(H2,23,27)/b16-8-,17-15+. The molecular weight excluding hydrogens is 380 g/mol. The summed E-state index contributed by atoms with van der Waals surface area (Å²) in [5, 5.41) is 7.46. The van der Waals surface area contributed by atoms with Crippen LogP contribution in [0.2, 0.25) is 0 Å². The van der Waals surface area contributed by atoms with Crippen molar-refractivity contribution in [2.45, 2.75) is 25.3 Å². The second kappa shape index (κ2) is 8.26. The molecule has 0 saturated heterocycles. The van der Waals surface area contributed by atoms with Crippen LogP contribution in [0.25, 0.3) is 11.1 Å². The third-order valence-corrected chi connectivity index (χ3v) is 4.80. The number of aromatic nitrogens is 2. The number of carbonyl (C=O) groups excluding carboxylic acids is 1. The Bertz CT molecular complexity index is 942. The molecule has 1 aliphatic rings.